The van der Waals surface area contributed by atoms with Crippen molar-refractivity contribution in [3.63, 3.8) is 0 Å². The van der Waals surface area contributed by atoms with Gasteiger partial charge in [0.2, 0.25) is 11.4 Å². The number of nitrogens with zero attached hydrogens (tertiary/aromatic N) is 3. The molecule has 0 spiro atoms. The molecule has 2 aromatic carbocycles. The Morgan fingerprint density at radius 1 is 0.590 bits per heavy atom. The van der Waals surface area contributed by atoms with Crippen molar-refractivity contribution in [2.24, 2.45) is 0 Å². The van der Waals surface area contributed by atoms with Crippen molar-refractivity contribution >= 4 is 14.5 Å². The lowest BCUT2D eigenvalue weighted by molar-refractivity contribution is -0.596. The monoisotopic (exact) mass is 551 g/mol. The number of hydrogen-bond donors (Lipinski definition) is 0. The molecular weight excluding hydrogens is 528 g/mol. The van der Waals surface area contributed by atoms with Gasteiger partial charge < -0.3 is 34.5 Å². The van der Waals surface area contributed by atoms with Crippen LogP contribution in [0, 0.1) is 11.3 Å². The Balaban J connectivity index is 0.000000458. The highest BCUT2D eigenvalue weighted by Gasteiger charge is 2.21. The fourth-order valence-electron chi connectivity index (χ4n) is 3.56. The molecule has 2 aromatic heterocycles. The topological polar surface area (TPSA) is 31.5 Å². The number of pyridine rings is 2. The van der Waals surface area contributed by atoms with Crippen LogP contribution in [-0.4, -0.2) is 14.5 Å². The molecule has 0 N–H and O–H groups in total. The molecule has 0 aliphatic heterocycles. The summed E-state index contributed by atoms with van der Waals surface area (Å²) in [5, 5.41) is 9.32. The summed E-state index contributed by atoms with van der Waals surface area (Å²) >= 11 is 0. The second-order valence-electron chi connectivity index (χ2n) is 8.32. The number of benzene rings is 2. The molecule has 3 nitrogen and oxygen atoms in total. The van der Waals surface area contributed by atoms with Crippen LogP contribution in [0.2, 0.25) is 0 Å². The van der Waals surface area contributed by atoms with Gasteiger partial charge in [-0.25, -0.2) is 0 Å². The summed E-state index contributed by atoms with van der Waals surface area (Å²) in [6, 6.07) is 26.8. The molecule has 13 heteroatoms. The SMILES string of the molecule is CC(C)c1ccccc1-[n+]1ccc(-c2cc[n+](-c3ccccc3C#N)cc2)cc1.F[B-](F)(F)F.F[B-](F)(F)F. The first kappa shape index (κ1) is 31.0. The van der Waals surface area contributed by atoms with Crippen LogP contribution >= 0.6 is 0 Å². The first-order chi connectivity index (χ1) is 18.2. The maximum Gasteiger partial charge on any atom is 0.673 e. The Morgan fingerprint density at radius 2 is 0.949 bits per heavy atom. The summed E-state index contributed by atoms with van der Waals surface area (Å²) in [6.45, 7) is 4.44. The number of hydrogen-bond acceptors (Lipinski definition) is 1. The van der Waals surface area contributed by atoms with Crippen LogP contribution in [-0.2, 0) is 0 Å². The van der Waals surface area contributed by atoms with Crippen LogP contribution in [0.25, 0.3) is 22.5 Å². The Hall–Kier alpha value is -4.20. The van der Waals surface area contributed by atoms with Crippen molar-refractivity contribution in [3.8, 4) is 28.6 Å². The zero-order chi connectivity index (χ0) is 29.2. The van der Waals surface area contributed by atoms with E-state index < -0.39 is 14.5 Å². The van der Waals surface area contributed by atoms with Gasteiger partial charge in [0.15, 0.2) is 24.8 Å². The molecular formula is C26H23B2F8N3. The van der Waals surface area contributed by atoms with E-state index in [1.54, 1.807) is 0 Å². The average molecular weight is 551 g/mol. The third-order valence-electron chi connectivity index (χ3n) is 5.13. The summed E-state index contributed by atoms with van der Waals surface area (Å²) in [6.07, 6.45) is 8.23. The van der Waals surface area contributed by atoms with Gasteiger partial charge >= 0.3 is 14.5 Å². The predicted molar refractivity (Wildman–Crippen MR) is 134 cm³/mol. The molecule has 0 aliphatic rings. The number of halogens is 8. The number of aromatic nitrogens is 2. The third kappa shape index (κ3) is 11.0. The first-order valence-electron chi connectivity index (χ1n) is 11.5. The first-order valence-corrected chi connectivity index (χ1v) is 11.5. The lowest BCUT2D eigenvalue weighted by Crippen LogP contribution is -2.31. The largest absolute Gasteiger partial charge is 0.673 e. The summed E-state index contributed by atoms with van der Waals surface area (Å²) < 4.78 is 82.1. The molecule has 4 rings (SSSR count). The smallest absolute Gasteiger partial charge is 0.418 e. The van der Waals surface area contributed by atoms with Crippen molar-refractivity contribution in [1.29, 1.82) is 5.26 Å². The summed E-state index contributed by atoms with van der Waals surface area (Å²) in [5.41, 5.74) is 6.40. The average Bonchev–Trinajstić information content (AvgIpc) is 2.87. The zero-order valence-corrected chi connectivity index (χ0v) is 20.8. The number of para-hydroxylation sites is 2. The molecule has 0 saturated carbocycles. The van der Waals surface area contributed by atoms with Crippen LogP contribution in [0.5, 0.6) is 0 Å². The summed E-state index contributed by atoms with van der Waals surface area (Å²) in [4.78, 5) is 0. The van der Waals surface area contributed by atoms with Crippen LogP contribution in [0.1, 0.15) is 30.9 Å². The van der Waals surface area contributed by atoms with E-state index in [1.165, 1.54) is 11.3 Å². The van der Waals surface area contributed by atoms with E-state index in [-0.39, 0.29) is 0 Å². The van der Waals surface area contributed by atoms with E-state index in [0.29, 0.717) is 11.5 Å². The Morgan fingerprint density at radius 3 is 1.36 bits per heavy atom. The molecule has 0 fully saturated rings. The molecule has 0 bridgehead atoms. The van der Waals surface area contributed by atoms with E-state index in [1.807, 2.05) is 41.2 Å². The van der Waals surface area contributed by atoms with Crippen molar-refractivity contribution in [1.82, 2.24) is 0 Å². The maximum absolute atomic E-state index is 9.75. The van der Waals surface area contributed by atoms with Gasteiger partial charge in [-0.05, 0) is 23.1 Å². The van der Waals surface area contributed by atoms with E-state index in [0.717, 1.165) is 16.8 Å². The molecule has 0 aliphatic carbocycles. The zero-order valence-electron chi connectivity index (χ0n) is 20.8. The third-order valence-corrected chi connectivity index (χ3v) is 5.13. The van der Waals surface area contributed by atoms with E-state index in [9.17, 15) is 39.8 Å². The van der Waals surface area contributed by atoms with Crippen LogP contribution in [0.4, 0.5) is 34.5 Å². The lowest BCUT2D eigenvalue weighted by atomic mass is 10.0. The molecule has 0 unspecified atom stereocenters. The van der Waals surface area contributed by atoms with Crippen LogP contribution in [0.15, 0.2) is 97.6 Å². The molecule has 2 heterocycles. The van der Waals surface area contributed by atoms with Gasteiger partial charge in [-0.3, -0.25) is 0 Å². The van der Waals surface area contributed by atoms with E-state index in [2.05, 4.69) is 85.4 Å². The second-order valence-corrected chi connectivity index (χ2v) is 8.32. The highest BCUT2D eigenvalue weighted by atomic mass is 19.5. The molecule has 0 atom stereocenters. The Labute approximate surface area is 220 Å². The molecule has 204 valence electrons. The molecule has 4 aromatic rings. The minimum absolute atomic E-state index is 0.472. The van der Waals surface area contributed by atoms with Crippen molar-refractivity contribution in [2.75, 3.05) is 0 Å². The van der Waals surface area contributed by atoms with Gasteiger partial charge in [-0.1, -0.05) is 44.2 Å². The normalized spacial score (nSPS) is 11.0. The number of nitriles is 1. The summed E-state index contributed by atoms with van der Waals surface area (Å²) in [7, 11) is -12.0. The second kappa shape index (κ2) is 13.6. The maximum atomic E-state index is 9.75. The number of rotatable bonds is 4. The van der Waals surface area contributed by atoms with Gasteiger partial charge in [0.1, 0.15) is 11.6 Å². The summed E-state index contributed by atoms with van der Waals surface area (Å²) in [5.74, 6) is 0.472. The Kier molecular flexibility index (Phi) is 10.8. The van der Waals surface area contributed by atoms with Crippen LogP contribution < -0.4 is 9.13 Å². The standard InChI is InChI=1S/C26H23N3.2BF4/c1-20(2)24-8-4-6-10-26(24)29-17-13-22(14-18-29)21-11-15-28(16-12-21)25-9-5-3-7-23(25)19-27;2*2-1(3,4)5/h3-18,20H,1-2H3;;/q+2;2*-1. The van der Waals surface area contributed by atoms with E-state index in [4.69, 9.17) is 0 Å². The molecule has 39 heavy (non-hydrogen) atoms. The van der Waals surface area contributed by atoms with Crippen molar-refractivity contribution in [2.45, 2.75) is 19.8 Å². The van der Waals surface area contributed by atoms with Gasteiger partial charge in [-0.15, -0.1) is 0 Å². The minimum Gasteiger partial charge on any atom is -0.418 e. The quantitative estimate of drug-likeness (QED) is 0.147. The van der Waals surface area contributed by atoms with Crippen molar-refractivity contribution in [3.05, 3.63) is 109 Å². The molecule has 0 saturated heterocycles. The minimum atomic E-state index is -6.00. The Bertz CT molecular complexity index is 1360. The van der Waals surface area contributed by atoms with Gasteiger partial charge in [0.25, 0.3) is 0 Å². The fourth-order valence-corrected chi connectivity index (χ4v) is 3.56. The highest BCUT2D eigenvalue weighted by molar-refractivity contribution is 6.50. The molecule has 0 amide bonds. The van der Waals surface area contributed by atoms with Gasteiger partial charge in [-0.2, -0.15) is 14.4 Å². The van der Waals surface area contributed by atoms with Gasteiger partial charge in [0, 0.05) is 42.0 Å². The highest BCUT2D eigenvalue weighted by Crippen LogP contribution is 2.21. The predicted octanol–water partition coefficient (Wildman–Crippen LogP) is 7.50. The van der Waals surface area contributed by atoms with Crippen LogP contribution in [0.3, 0.4) is 0 Å². The van der Waals surface area contributed by atoms with E-state index >= 15 is 0 Å². The fraction of sp³-hybridized carbons (Fsp3) is 0.115. The van der Waals surface area contributed by atoms with Gasteiger partial charge in [0.05, 0.1) is 0 Å². The molecule has 0 radical (unpaired) electrons. The van der Waals surface area contributed by atoms with Crippen molar-refractivity contribution < 1.29 is 43.7 Å². The lowest BCUT2D eigenvalue weighted by Gasteiger charge is -2.08.